The van der Waals surface area contributed by atoms with E-state index in [1.54, 1.807) is 4.90 Å². The molecule has 0 radical (unpaired) electrons. The van der Waals surface area contributed by atoms with E-state index in [0.717, 1.165) is 50.8 Å². The first-order valence-corrected chi connectivity index (χ1v) is 11.8. The fourth-order valence-electron chi connectivity index (χ4n) is 4.00. The molecule has 1 aliphatic rings. The van der Waals surface area contributed by atoms with Gasteiger partial charge in [0.1, 0.15) is 5.75 Å². The number of carbonyl (C=O) groups excluding carboxylic acids is 1. The standard InChI is InChI=1S/C25H42N2O3/c1-5-6-7-18-26(3)19-8-9-20-29-23-16-12-22(13-17-23)27(4)25(28)30-24-14-10-21(2)11-15-24/h10-11,14-15,22-23H,5-9,12-13,16-20H2,1-4H3/t22-,23-. The van der Waals surface area contributed by atoms with Gasteiger partial charge in [0.15, 0.2) is 0 Å². The highest BCUT2D eigenvalue weighted by Crippen LogP contribution is 2.25. The number of nitrogens with zero attached hydrogens (tertiary/aromatic N) is 2. The first-order chi connectivity index (χ1) is 14.5. The minimum atomic E-state index is -0.272. The van der Waals surface area contributed by atoms with Crippen LogP contribution in [-0.2, 0) is 4.74 Å². The molecule has 0 bridgehead atoms. The molecule has 1 fully saturated rings. The van der Waals surface area contributed by atoms with Crippen molar-refractivity contribution in [3.63, 3.8) is 0 Å². The average Bonchev–Trinajstić information content (AvgIpc) is 2.75. The molecule has 2 rings (SSSR count). The molecule has 5 nitrogen and oxygen atoms in total. The van der Waals surface area contributed by atoms with Crippen LogP contribution in [0.3, 0.4) is 0 Å². The second kappa shape index (κ2) is 13.7. The lowest BCUT2D eigenvalue weighted by Crippen LogP contribution is -2.42. The number of aryl methyl sites for hydroxylation is 1. The third kappa shape index (κ3) is 9.05. The summed E-state index contributed by atoms with van der Waals surface area (Å²) in [7, 11) is 4.07. The molecule has 0 saturated heterocycles. The summed E-state index contributed by atoms with van der Waals surface area (Å²) < 4.78 is 11.6. The molecule has 170 valence electrons. The molecule has 5 heteroatoms. The molecule has 0 N–H and O–H groups in total. The van der Waals surface area contributed by atoms with E-state index in [4.69, 9.17) is 9.47 Å². The van der Waals surface area contributed by atoms with Crippen molar-refractivity contribution in [2.45, 2.75) is 83.8 Å². The van der Waals surface area contributed by atoms with Crippen molar-refractivity contribution in [3.05, 3.63) is 29.8 Å². The van der Waals surface area contributed by atoms with Crippen molar-refractivity contribution < 1.29 is 14.3 Å². The van der Waals surface area contributed by atoms with E-state index in [-0.39, 0.29) is 12.1 Å². The molecule has 0 heterocycles. The lowest BCUT2D eigenvalue weighted by molar-refractivity contribution is 0.0101. The van der Waals surface area contributed by atoms with Crippen LogP contribution in [0.1, 0.15) is 70.3 Å². The summed E-state index contributed by atoms with van der Waals surface area (Å²) in [5, 5.41) is 0. The Balaban J connectivity index is 1.57. The Kier molecular flexibility index (Phi) is 11.2. The van der Waals surface area contributed by atoms with Gasteiger partial charge >= 0.3 is 6.09 Å². The highest BCUT2D eigenvalue weighted by atomic mass is 16.6. The molecule has 1 amide bonds. The Hall–Kier alpha value is -1.59. The molecule has 1 aromatic carbocycles. The van der Waals surface area contributed by atoms with E-state index >= 15 is 0 Å². The van der Waals surface area contributed by atoms with Gasteiger partial charge in [-0.25, -0.2) is 4.79 Å². The van der Waals surface area contributed by atoms with Crippen molar-refractivity contribution in [3.8, 4) is 5.75 Å². The molecule has 1 aromatic rings. The van der Waals surface area contributed by atoms with Crippen molar-refractivity contribution in [1.29, 1.82) is 0 Å². The maximum absolute atomic E-state index is 12.4. The van der Waals surface area contributed by atoms with E-state index in [9.17, 15) is 4.79 Å². The Morgan fingerprint density at radius 2 is 1.60 bits per heavy atom. The van der Waals surface area contributed by atoms with Gasteiger partial charge in [-0.1, -0.05) is 37.5 Å². The number of rotatable bonds is 12. The van der Waals surface area contributed by atoms with E-state index in [2.05, 4.69) is 18.9 Å². The van der Waals surface area contributed by atoms with Gasteiger partial charge in [0.25, 0.3) is 0 Å². The van der Waals surface area contributed by atoms with Crippen LogP contribution in [0.4, 0.5) is 4.79 Å². The lowest BCUT2D eigenvalue weighted by atomic mass is 9.92. The third-order valence-electron chi connectivity index (χ3n) is 6.14. The predicted octanol–water partition coefficient (Wildman–Crippen LogP) is 5.66. The normalized spacial score (nSPS) is 19.1. The number of benzene rings is 1. The van der Waals surface area contributed by atoms with Crippen LogP contribution < -0.4 is 4.74 Å². The Morgan fingerprint density at radius 3 is 2.23 bits per heavy atom. The zero-order chi connectivity index (χ0) is 21.8. The van der Waals surface area contributed by atoms with Crippen LogP contribution in [0, 0.1) is 6.92 Å². The van der Waals surface area contributed by atoms with E-state index < -0.39 is 0 Å². The number of unbranched alkanes of at least 4 members (excludes halogenated alkanes) is 3. The van der Waals surface area contributed by atoms with Gasteiger partial charge in [0.05, 0.1) is 6.10 Å². The van der Waals surface area contributed by atoms with Gasteiger partial charge < -0.3 is 19.3 Å². The minimum absolute atomic E-state index is 0.236. The molecule has 0 atom stereocenters. The van der Waals surface area contributed by atoms with Crippen molar-refractivity contribution >= 4 is 6.09 Å². The maximum Gasteiger partial charge on any atom is 0.415 e. The van der Waals surface area contributed by atoms with Crippen LogP contribution in [0.25, 0.3) is 0 Å². The number of hydrogen-bond acceptors (Lipinski definition) is 4. The van der Waals surface area contributed by atoms with Crippen LogP contribution in [0.5, 0.6) is 5.75 Å². The quantitative estimate of drug-likeness (QED) is 0.411. The predicted molar refractivity (Wildman–Crippen MR) is 123 cm³/mol. The second-order valence-corrected chi connectivity index (χ2v) is 8.81. The zero-order valence-electron chi connectivity index (χ0n) is 19.6. The smallest absolute Gasteiger partial charge is 0.410 e. The van der Waals surface area contributed by atoms with Gasteiger partial charge in [-0.3, -0.25) is 0 Å². The van der Waals surface area contributed by atoms with Gasteiger partial charge in [0.2, 0.25) is 0 Å². The molecule has 0 aliphatic heterocycles. The summed E-state index contributed by atoms with van der Waals surface area (Å²) in [6.07, 6.45) is 10.3. The fourth-order valence-corrected chi connectivity index (χ4v) is 4.00. The number of hydrogen-bond donors (Lipinski definition) is 0. The summed E-state index contributed by atoms with van der Waals surface area (Å²) in [6.45, 7) is 7.49. The van der Waals surface area contributed by atoms with Gasteiger partial charge in [-0.05, 0) is 84.1 Å². The Labute approximate surface area is 183 Å². The molecule has 0 aromatic heterocycles. The Bertz CT molecular complexity index is 597. The molecular weight excluding hydrogens is 376 g/mol. The highest BCUT2D eigenvalue weighted by molar-refractivity contribution is 5.70. The van der Waals surface area contributed by atoms with Crippen LogP contribution in [0.15, 0.2) is 24.3 Å². The third-order valence-corrected chi connectivity index (χ3v) is 6.14. The summed E-state index contributed by atoms with van der Waals surface area (Å²) in [5.41, 5.74) is 1.15. The summed E-state index contributed by atoms with van der Waals surface area (Å²) in [4.78, 5) is 16.6. The summed E-state index contributed by atoms with van der Waals surface area (Å²) >= 11 is 0. The number of ether oxygens (including phenoxy) is 2. The number of amides is 1. The largest absolute Gasteiger partial charge is 0.415 e. The van der Waals surface area contributed by atoms with E-state index in [0.29, 0.717) is 11.9 Å². The molecular formula is C25H42N2O3. The van der Waals surface area contributed by atoms with Crippen molar-refractivity contribution in [2.24, 2.45) is 0 Å². The van der Waals surface area contributed by atoms with Crippen molar-refractivity contribution in [2.75, 3.05) is 33.8 Å². The van der Waals surface area contributed by atoms with Crippen molar-refractivity contribution in [1.82, 2.24) is 9.80 Å². The van der Waals surface area contributed by atoms with Crippen LogP contribution >= 0.6 is 0 Å². The van der Waals surface area contributed by atoms with Crippen LogP contribution in [-0.4, -0.2) is 61.8 Å². The average molecular weight is 419 g/mol. The summed E-state index contributed by atoms with van der Waals surface area (Å²) in [6, 6.07) is 7.83. The monoisotopic (exact) mass is 418 g/mol. The van der Waals surface area contributed by atoms with Crippen LogP contribution in [0.2, 0.25) is 0 Å². The molecule has 1 saturated carbocycles. The van der Waals surface area contributed by atoms with E-state index in [1.807, 2.05) is 38.2 Å². The lowest BCUT2D eigenvalue weighted by Gasteiger charge is -2.34. The maximum atomic E-state index is 12.4. The molecule has 0 spiro atoms. The first-order valence-electron chi connectivity index (χ1n) is 11.8. The summed E-state index contributed by atoms with van der Waals surface area (Å²) in [5.74, 6) is 0.602. The van der Waals surface area contributed by atoms with E-state index in [1.165, 1.54) is 32.2 Å². The Morgan fingerprint density at radius 1 is 0.967 bits per heavy atom. The topological polar surface area (TPSA) is 42.0 Å². The van der Waals surface area contributed by atoms with Gasteiger partial charge in [0, 0.05) is 19.7 Å². The molecule has 1 aliphatic carbocycles. The first kappa shape index (κ1) is 24.7. The second-order valence-electron chi connectivity index (χ2n) is 8.81. The number of carbonyl (C=O) groups is 1. The van der Waals surface area contributed by atoms with Gasteiger partial charge in [-0.15, -0.1) is 0 Å². The minimum Gasteiger partial charge on any atom is -0.410 e. The van der Waals surface area contributed by atoms with Gasteiger partial charge in [-0.2, -0.15) is 0 Å². The molecule has 30 heavy (non-hydrogen) atoms. The zero-order valence-corrected chi connectivity index (χ0v) is 19.6. The highest BCUT2D eigenvalue weighted by Gasteiger charge is 2.27. The fraction of sp³-hybridized carbons (Fsp3) is 0.720. The SMILES string of the molecule is CCCCCN(C)CCCCO[C@H]1CC[C@H](N(C)C(=O)Oc2ccc(C)cc2)CC1. The molecule has 0 unspecified atom stereocenters.